The van der Waals surface area contributed by atoms with Crippen molar-refractivity contribution in [2.45, 2.75) is 154 Å². The highest BCUT2D eigenvalue weighted by Gasteiger charge is 2.11. The SMILES string of the molecule is CCCCCCCCCOC(=O)CCCCCCC(C[C@@H](C)O)NCCCCCCCC(=O)O. The summed E-state index contributed by atoms with van der Waals surface area (Å²) in [6, 6.07) is 0.332. The fraction of sp³-hybridized carbons (Fsp3) is 0.929. The van der Waals surface area contributed by atoms with Crippen molar-refractivity contribution in [2.75, 3.05) is 13.2 Å². The molecule has 0 radical (unpaired) electrons. The average Bonchev–Trinajstić information content (AvgIpc) is 2.78. The predicted molar refractivity (Wildman–Crippen MR) is 140 cm³/mol. The van der Waals surface area contributed by atoms with Crippen molar-refractivity contribution in [3.8, 4) is 0 Å². The highest BCUT2D eigenvalue weighted by atomic mass is 16.5. The molecule has 0 amide bonds. The summed E-state index contributed by atoms with van der Waals surface area (Å²) in [7, 11) is 0. The first-order chi connectivity index (χ1) is 16.5. The van der Waals surface area contributed by atoms with Gasteiger partial charge in [-0.2, -0.15) is 0 Å². The van der Waals surface area contributed by atoms with Gasteiger partial charge < -0.3 is 20.3 Å². The normalized spacial score (nSPS) is 13.0. The van der Waals surface area contributed by atoms with Crippen LogP contribution < -0.4 is 5.32 Å². The summed E-state index contributed by atoms with van der Waals surface area (Å²) < 4.78 is 5.35. The number of rotatable bonds is 26. The summed E-state index contributed by atoms with van der Waals surface area (Å²) in [6.07, 6.45) is 20.1. The second kappa shape index (κ2) is 25.0. The van der Waals surface area contributed by atoms with Gasteiger partial charge in [-0.25, -0.2) is 0 Å². The molecule has 1 unspecified atom stereocenters. The number of aliphatic carboxylic acids is 1. The van der Waals surface area contributed by atoms with E-state index in [1.54, 1.807) is 0 Å². The van der Waals surface area contributed by atoms with E-state index in [4.69, 9.17) is 9.84 Å². The fourth-order valence-electron chi connectivity index (χ4n) is 4.28. The molecule has 34 heavy (non-hydrogen) atoms. The molecular formula is C28H55NO5. The van der Waals surface area contributed by atoms with Crippen molar-refractivity contribution in [3.63, 3.8) is 0 Å². The van der Waals surface area contributed by atoms with Crippen molar-refractivity contribution >= 4 is 11.9 Å². The van der Waals surface area contributed by atoms with E-state index in [2.05, 4.69) is 12.2 Å². The summed E-state index contributed by atoms with van der Waals surface area (Å²) in [6.45, 7) is 5.59. The van der Waals surface area contributed by atoms with Crippen LogP contribution in [0, 0.1) is 0 Å². The number of carboxylic acid groups (broad SMARTS) is 1. The van der Waals surface area contributed by atoms with E-state index >= 15 is 0 Å². The molecule has 0 saturated heterocycles. The Kier molecular flexibility index (Phi) is 24.1. The van der Waals surface area contributed by atoms with Crippen LogP contribution in [0.2, 0.25) is 0 Å². The zero-order chi connectivity index (χ0) is 25.3. The molecule has 6 nitrogen and oxygen atoms in total. The molecule has 0 aliphatic carbocycles. The van der Waals surface area contributed by atoms with Crippen LogP contribution in [0.1, 0.15) is 142 Å². The molecular weight excluding hydrogens is 430 g/mol. The Morgan fingerprint density at radius 2 is 1.32 bits per heavy atom. The van der Waals surface area contributed by atoms with E-state index in [9.17, 15) is 14.7 Å². The van der Waals surface area contributed by atoms with Gasteiger partial charge in [0, 0.05) is 18.9 Å². The molecule has 0 heterocycles. The van der Waals surface area contributed by atoms with Crippen molar-refractivity contribution in [2.24, 2.45) is 0 Å². The first kappa shape index (κ1) is 32.9. The van der Waals surface area contributed by atoms with Crippen molar-refractivity contribution < 1.29 is 24.5 Å². The molecule has 3 N–H and O–H groups in total. The number of hydrogen-bond donors (Lipinski definition) is 3. The summed E-state index contributed by atoms with van der Waals surface area (Å²) in [5.74, 6) is -0.760. The molecule has 0 aliphatic heterocycles. The van der Waals surface area contributed by atoms with Gasteiger partial charge in [0.2, 0.25) is 0 Å². The number of ether oxygens (including phenoxy) is 1. The summed E-state index contributed by atoms with van der Waals surface area (Å²) in [4.78, 5) is 22.4. The quantitative estimate of drug-likeness (QED) is 0.0923. The first-order valence-corrected chi connectivity index (χ1v) is 14.2. The van der Waals surface area contributed by atoms with Crippen LogP contribution in [-0.4, -0.2) is 47.4 Å². The number of esters is 1. The van der Waals surface area contributed by atoms with Gasteiger partial charge >= 0.3 is 11.9 Å². The second-order valence-corrected chi connectivity index (χ2v) is 9.94. The van der Waals surface area contributed by atoms with E-state index in [1.165, 1.54) is 32.1 Å². The van der Waals surface area contributed by atoms with Crippen LogP contribution in [0.3, 0.4) is 0 Å². The number of unbranched alkanes of at least 4 members (excludes halogenated alkanes) is 13. The number of hydrogen-bond acceptors (Lipinski definition) is 5. The lowest BCUT2D eigenvalue weighted by Crippen LogP contribution is -2.32. The topological polar surface area (TPSA) is 95.9 Å². The van der Waals surface area contributed by atoms with Gasteiger partial charge in [-0.15, -0.1) is 0 Å². The van der Waals surface area contributed by atoms with Gasteiger partial charge in [-0.05, 0) is 52.0 Å². The maximum Gasteiger partial charge on any atom is 0.305 e. The van der Waals surface area contributed by atoms with Gasteiger partial charge in [0.05, 0.1) is 12.7 Å². The zero-order valence-electron chi connectivity index (χ0n) is 22.3. The van der Waals surface area contributed by atoms with Gasteiger partial charge in [-0.1, -0.05) is 84.0 Å². The Morgan fingerprint density at radius 3 is 1.97 bits per heavy atom. The first-order valence-electron chi connectivity index (χ1n) is 14.2. The molecule has 0 rings (SSSR count). The molecule has 0 aromatic carbocycles. The highest BCUT2D eigenvalue weighted by Crippen LogP contribution is 2.13. The summed E-state index contributed by atoms with van der Waals surface area (Å²) >= 11 is 0. The number of aliphatic hydroxyl groups excluding tert-OH is 1. The van der Waals surface area contributed by atoms with Crippen molar-refractivity contribution in [1.29, 1.82) is 0 Å². The van der Waals surface area contributed by atoms with Crippen LogP contribution in [-0.2, 0) is 14.3 Å². The lowest BCUT2D eigenvalue weighted by atomic mass is 10.0. The molecule has 0 bridgehead atoms. The van der Waals surface area contributed by atoms with E-state index in [0.29, 0.717) is 19.1 Å². The molecule has 0 spiro atoms. The molecule has 202 valence electrons. The number of carboxylic acids is 1. The third-order valence-electron chi connectivity index (χ3n) is 6.32. The maximum atomic E-state index is 11.9. The Labute approximate surface area is 209 Å². The lowest BCUT2D eigenvalue weighted by Gasteiger charge is -2.20. The fourth-order valence-corrected chi connectivity index (χ4v) is 4.28. The molecule has 0 aromatic heterocycles. The molecule has 0 aliphatic rings. The lowest BCUT2D eigenvalue weighted by molar-refractivity contribution is -0.144. The Balaban J connectivity index is 3.64. The van der Waals surface area contributed by atoms with Crippen molar-refractivity contribution in [1.82, 2.24) is 5.32 Å². The van der Waals surface area contributed by atoms with E-state index in [-0.39, 0.29) is 18.5 Å². The summed E-state index contributed by atoms with van der Waals surface area (Å²) in [5, 5.41) is 22.0. The molecule has 0 fully saturated rings. The minimum Gasteiger partial charge on any atom is -0.481 e. The third kappa shape index (κ3) is 25.5. The number of carbonyl (C=O) groups is 2. The van der Waals surface area contributed by atoms with Crippen LogP contribution in [0.5, 0.6) is 0 Å². The third-order valence-corrected chi connectivity index (χ3v) is 6.32. The zero-order valence-corrected chi connectivity index (χ0v) is 22.3. The average molecular weight is 486 g/mol. The van der Waals surface area contributed by atoms with Gasteiger partial charge in [0.1, 0.15) is 0 Å². The molecule has 0 saturated carbocycles. The highest BCUT2D eigenvalue weighted by molar-refractivity contribution is 5.69. The number of nitrogens with one attached hydrogen (secondary N) is 1. The van der Waals surface area contributed by atoms with E-state index in [0.717, 1.165) is 90.0 Å². The minimum absolute atomic E-state index is 0.0532. The molecule has 2 atom stereocenters. The number of aliphatic hydroxyl groups is 1. The van der Waals surface area contributed by atoms with E-state index in [1.807, 2.05) is 6.92 Å². The number of carbonyl (C=O) groups excluding carboxylic acids is 1. The predicted octanol–water partition coefficient (Wildman–Crippen LogP) is 6.78. The standard InChI is InChI=1S/C28H55NO5/c1-3-4-5-6-7-13-18-23-34-28(33)21-16-11-10-14-19-26(24-25(2)30)29-22-17-12-8-9-15-20-27(31)32/h25-26,29-30H,3-24H2,1-2H3,(H,31,32)/t25-,26?/m1/s1. The second-order valence-electron chi connectivity index (χ2n) is 9.94. The maximum absolute atomic E-state index is 11.9. The van der Waals surface area contributed by atoms with Crippen LogP contribution in [0.25, 0.3) is 0 Å². The molecule has 6 heteroatoms. The van der Waals surface area contributed by atoms with E-state index < -0.39 is 5.97 Å². The van der Waals surface area contributed by atoms with Gasteiger partial charge in [0.15, 0.2) is 0 Å². The largest absolute Gasteiger partial charge is 0.481 e. The Hall–Kier alpha value is -1.14. The van der Waals surface area contributed by atoms with Crippen LogP contribution >= 0.6 is 0 Å². The van der Waals surface area contributed by atoms with Crippen LogP contribution in [0.15, 0.2) is 0 Å². The smallest absolute Gasteiger partial charge is 0.305 e. The minimum atomic E-state index is -0.707. The van der Waals surface area contributed by atoms with Gasteiger partial charge in [0.25, 0.3) is 0 Å². The summed E-state index contributed by atoms with van der Waals surface area (Å²) in [5.41, 5.74) is 0. The van der Waals surface area contributed by atoms with Crippen molar-refractivity contribution in [3.05, 3.63) is 0 Å². The molecule has 0 aromatic rings. The Morgan fingerprint density at radius 1 is 0.765 bits per heavy atom. The Bertz CT molecular complexity index is 470. The van der Waals surface area contributed by atoms with Gasteiger partial charge in [-0.3, -0.25) is 9.59 Å². The van der Waals surface area contributed by atoms with Crippen LogP contribution in [0.4, 0.5) is 0 Å². The monoisotopic (exact) mass is 485 g/mol.